The van der Waals surface area contributed by atoms with Crippen LogP contribution in [-0.2, 0) is 16.5 Å². The standard InChI is InChI=1S/C36H45Cl2N5O2/c1-9-45-30-22-31(34(2,3)4)39-23-29(30)32-40-35(5,24-10-14-26(37)15-11-24)36(6,25-12-16-27(38)17-13-25)43(32)33(44)42-20-18-28(19-21-42)41(7)8/h10-17,22-23,28H,9,18-21H2,1-8H3/t35-,36+/m0/s1. The maximum Gasteiger partial charge on any atom is 0.326 e. The molecule has 0 bridgehead atoms. The lowest BCUT2D eigenvalue weighted by molar-refractivity contribution is 0.0911. The number of pyridine rings is 1. The summed E-state index contributed by atoms with van der Waals surface area (Å²) in [6, 6.07) is 17.8. The number of amides is 2. The average molecular weight is 651 g/mol. The lowest BCUT2D eigenvalue weighted by Gasteiger charge is -2.47. The minimum Gasteiger partial charge on any atom is -0.493 e. The van der Waals surface area contributed by atoms with Crippen LogP contribution in [0.5, 0.6) is 5.75 Å². The molecule has 0 unspecified atom stereocenters. The number of nitrogens with zero attached hydrogens (tertiary/aromatic N) is 5. The van der Waals surface area contributed by atoms with Crippen molar-refractivity contribution in [3.8, 4) is 5.75 Å². The van der Waals surface area contributed by atoms with Crippen LogP contribution >= 0.6 is 23.2 Å². The van der Waals surface area contributed by atoms with Crippen molar-refractivity contribution in [2.75, 3.05) is 33.8 Å². The molecule has 3 aromatic rings. The van der Waals surface area contributed by atoms with Crippen molar-refractivity contribution in [2.45, 2.75) is 76.9 Å². The second kappa shape index (κ2) is 12.6. The Morgan fingerprint density at radius 2 is 1.53 bits per heavy atom. The van der Waals surface area contributed by atoms with Crippen LogP contribution in [0.15, 0.2) is 65.8 Å². The number of urea groups is 1. The van der Waals surface area contributed by atoms with E-state index in [0.717, 1.165) is 29.7 Å². The zero-order valence-corrected chi connectivity index (χ0v) is 29.2. The predicted octanol–water partition coefficient (Wildman–Crippen LogP) is 8.12. The monoisotopic (exact) mass is 649 g/mol. The van der Waals surface area contributed by atoms with E-state index in [9.17, 15) is 0 Å². The third-order valence-corrected chi connectivity index (χ3v) is 10.1. The van der Waals surface area contributed by atoms with Gasteiger partial charge in [0.1, 0.15) is 22.7 Å². The molecule has 240 valence electrons. The highest BCUT2D eigenvalue weighted by Crippen LogP contribution is 2.54. The van der Waals surface area contributed by atoms with Crippen LogP contribution in [0.25, 0.3) is 0 Å². The third-order valence-electron chi connectivity index (χ3n) is 9.58. The van der Waals surface area contributed by atoms with Crippen LogP contribution in [0.2, 0.25) is 10.0 Å². The van der Waals surface area contributed by atoms with Crippen molar-refractivity contribution < 1.29 is 9.53 Å². The molecule has 2 aromatic carbocycles. The SMILES string of the molecule is CCOc1cc(C(C)(C)C)ncc1C1=N[C@@](C)(c2ccc(Cl)cc2)[C@@](C)(c2ccc(Cl)cc2)N1C(=O)N1CCC(N(C)C)CC1. The van der Waals surface area contributed by atoms with E-state index in [4.69, 9.17) is 37.9 Å². The van der Waals surface area contributed by atoms with Crippen molar-refractivity contribution in [1.29, 1.82) is 0 Å². The number of likely N-dealkylation sites (tertiary alicyclic amines) is 1. The van der Waals surface area contributed by atoms with Gasteiger partial charge in [-0.2, -0.15) is 0 Å². The number of piperidine rings is 1. The minimum atomic E-state index is -0.956. The zero-order valence-electron chi connectivity index (χ0n) is 27.7. The number of aliphatic imine (C=N–C) groups is 1. The fourth-order valence-electron chi connectivity index (χ4n) is 6.57. The van der Waals surface area contributed by atoms with E-state index in [1.807, 2.05) is 77.5 Å². The van der Waals surface area contributed by atoms with Gasteiger partial charge in [0.25, 0.3) is 0 Å². The van der Waals surface area contributed by atoms with Gasteiger partial charge in [-0.15, -0.1) is 0 Å². The smallest absolute Gasteiger partial charge is 0.326 e. The van der Waals surface area contributed by atoms with Crippen LogP contribution in [0.3, 0.4) is 0 Å². The van der Waals surface area contributed by atoms with Crippen LogP contribution in [0.4, 0.5) is 4.79 Å². The summed E-state index contributed by atoms with van der Waals surface area (Å²) in [4.78, 5) is 31.5. The fourth-order valence-corrected chi connectivity index (χ4v) is 6.82. The first-order valence-corrected chi connectivity index (χ1v) is 16.5. The van der Waals surface area contributed by atoms with Crippen LogP contribution in [-0.4, -0.2) is 71.4 Å². The molecule has 9 heteroatoms. The van der Waals surface area contributed by atoms with Gasteiger partial charge >= 0.3 is 6.03 Å². The maximum absolute atomic E-state index is 15.0. The van der Waals surface area contributed by atoms with Gasteiger partial charge in [0.15, 0.2) is 0 Å². The molecule has 0 saturated carbocycles. The summed E-state index contributed by atoms with van der Waals surface area (Å²) in [5, 5.41) is 1.26. The first-order valence-electron chi connectivity index (χ1n) is 15.7. The summed E-state index contributed by atoms with van der Waals surface area (Å²) in [7, 11) is 4.21. The first-order chi connectivity index (χ1) is 21.2. The van der Waals surface area contributed by atoms with Gasteiger partial charge < -0.3 is 14.5 Å². The van der Waals surface area contributed by atoms with E-state index in [2.05, 4.69) is 53.6 Å². The van der Waals surface area contributed by atoms with Gasteiger partial charge in [0.2, 0.25) is 0 Å². The lowest BCUT2D eigenvalue weighted by atomic mass is 9.71. The predicted molar refractivity (Wildman–Crippen MR) is 184 cm³/mol. The minimum absolute atomic E-state index is 0.0940. The molecule has 3 heterocycles. The summed E-state index contributed by atoms with van der Waals surface area (Å²) < 4.78 is 6.27. The van der Waals surface area contributed by atoms with E-state index in [1.165, 1.54) is 0 Å². The number of amidine groups is 1. The van der Waals surface area contributed by atoms with Gasteiger partial charge in [-0.05, 0) is 83.1 Å². The molecule has 5 rings (SSSR count). The van der Waals surface area contributed by atoms with E-state index < -0.39 is 11.1 Å². The number of rotatable bonds is 6. The zero-order chi connectivity index (χ0) is 32.7. The van der Waals surface area contributed by atoms with Crippen LogP contribution in [0.1, 0.15) is 76.8 Å². The Balaban J connectivity index is 1.76. The molecule has 0 aliphatic carbocycles. The largest absolute Gasteiger partial charge is 0.493 e. The fraction of sp³-hybridized carbons (Fsp3) is 0.472. The Kier molecular flexibility index (Phi) is 9.29. The van der Waals surface area contributed by atoms with Crippen LogP contribution < -0.4 is 4.74 Å². The van der Waals surface area contributed by atoms with Crippen LogP contribution in [0, 0.1) is 0 Å². The van der Waals surface area contributed by atoms with Gasteiger partial charge in [0.05, 0.1) is 12.2 Å². The molecule has 0 radical (unpaired) electrons. The van der Waals surface area contributed by atoms with Crippen molar-refractivity contribution in [2.24, 2.45) is 4.99 Å². The summed E-state index contributed by atoms with van der Waals surface area (Å²) >= 11 is 12.8. The Morgan fingerprint density at radius 1 is 0.978 bits per heavy atom. The Hall–Kier alpha value is -3.13. The summed E-state index contributed by atoms with van der Waals surface area (Å²) in [5.41, 5.74) is 1.37. The van der Waals surface area contributed by atoms with Crippen molar-refractivity contribution >= 4 is 35.1 Å². The molecule has 2 amide bonds. The number of ether oxygens (including phenoxy) is 1. The third kappa shape index (κ3) is 6.07. The number of carbonyl (C=O) groups excluding carboxylic acids is 1. The van der Waals surface area contributed by atoms with E-state index >= 15 is 4.79 Å². The number of aromatic nitrogens is 1. The van der Waals surface area contributed by atoms with Gasteiger partial charge in [-0.3, -0.25) is 14.9 Å². The first kappa shape index (κ1) is 33.2. The normalized spacial score (nSPS) is 22.6. The highest BCUT2D eigenvalue weighted by molar-refractivity contribution is 6.30. The average Bonchev–Trinajstić information content (AvgIpc) is 3.25. The van der Waals surface area contributed by atoms with E-state index in [1.54, 1.807) is 0 Å². The Morgan fingerprint density at radius 3 is 2.04 bits per heavy atom. The molecule has 7 nitrogen and oxygen atoms in total. The van der Waals surface area contributed by atoms with E-state index in [0.29, 0.717) is 52.9 Å². The van der Waals surface area contributed by atoms with Gasteiger partial charge in [-0.1, -0.05) is 68.2 Å². The molecule has 2 atom stereocenters. The molecule has 1 fully saturated rings. The van der Waals surface area contributed by atoms with Crippen molar-refractivity contribution in [3.05, 3.63) is 93.2 Å². The molecular weight excluding hydrogens is 605 g/mol. The number of halogens is 2. The van der Waals surface area contributed by atoms with Gasteiger partial charge in [0, 0.05) is 52.5 Å². The lowest BCUT2D eigenvalue weighted by Crippen LogP contribution is -2.59. The van der Waals surface area contributed by atoms with Crippen molar-refractivity contribution in [1.82, 2.24) is 19.7 Å². The number of hydrogen-bond donors (Lipinski definition) is 0. The second-order valence-electron chi connectivity index (χ2n) is 13.6. The Labute approximate surface area is 278 Å². The maximum atomic E-state index is 15.0. The molecular formula is C36H45Cl2N5O2. The summed E-state index contributed by atoms with van der Waals surface area (Å²) in [6.07, 6.45) is 3.62. The van der Waals surface area contributed by atoms with E-state index in [-0.39, 0.29) is 11.4 Å². The highest BCUT2D eigenvalue weighted by atomic mass is 35.5. The molecule has 1 aromatic heterocycles. The second-order valence-corrected chi connectivity index (χ2v) is 14.5. The molecule has 0 spiro atoms. The summed E-state index contributed by atoms with van der Waals surface area (Å²) in [5.74, 6) is 1.18. The molecule has 2 aliphatic rings. The molecule has 2 aliphatic heterocycles. The summed E-state index contributed by atoms with van der Waals surface area (Å²) in [6.45, 7) is 14.3. The number of benzene rings is 2. The van der Waals surface area contributed by atoms with Crippen molar-refractivity contribution in [3.63, 3.8) is 0 Å². The molecule has 1 saturated heterocycles. The quantitative estimate of drug-likeness (QED) is 0.270. The highest BCUT2D eigenvalue weighted by Gasteiger charge is 2.60. The van der Waals surface area contributed by atoms with Gasteiger partial charge in [-0.25, -0.2) is 4.79 Å². The number of hydrogen-bond acceptors (Lipinski definition) is 5. The molecule has 0 N–H and O–H groups in total. The molecule has 45 heavy (non-hydrogen) atoms. The number of carbonyl (C=O) groups is 1. The topological polar surface area (TPSA) is 61.3 Å². The Bertz CT molecular complexity index is 1560.